The summed E-state index contributed by atoms with van der Waals surface area (Å²) in [5, 5.41) is 6.26. The zero-order valence-electron chi connectivity index (χ0n) is 14.8. The zero-order valence-corrected chi connectivity index (χ0v) is 14.8. The van der Waals surface area contributed by atoms with Gasteiger partial charge in [0.25, 0.3) is 0 Å². The zero-order chi connectivity index (χ0) is 16.7. The van der Waals surface area contributed by atoms with Gasteiger partial charge in [-0.1, -0.05) is 26.0 Å². The first-order valence-electron chi connectivity index (χ1n) is 8.85. The van der Waals surface area contributed by atoms with Gasteiger partial charge in [-0.3, -0.25) is 9.69 Å². The smallest absolute Gasteiger partial charge is 0.238 e. The molecule has 23 heavy (non-hydrogen) atoms. The lowest BCUT2D eigenvalue weighted by Gasteiger charge is -2.31. The van der Waals surface area contributed by atoms with Crippen molar-refractivity contribution in [2.75, 3.05) is 38.5 Å². The van der Waals surface area contributed by atoms with Crippen molar-refractivity contribution in [1.29, 1.82) is 0 Å². The molecule has 128 valence electrons. The molecule has 1 saturated heterocycles. The molecule has 1 heterocycles. The number of carbonyl (C=O) groups is 1. The van der Waals surface area contributed by atoms with Crippen molar-refractivity contribution in [2.45, 2.75) is 39.0 Å². The molecule has 1 aromatic carbocycles. The van der Waals surface area contributed by atoms with Crippen molar-refractivity contribution in [1.82, 2.24) is 10.2 Å². The van der Waals surface area contributed by atoms with Gasteiger partial charge < -0.3 is 10.6 Å². The maximum absolute atomic E-state index is 12.3. The number of benzene rings is 1. The van der Waals surface area contributed by atoms with Gasteiger partial charge in [0.05, 0.1) is 6.54 Å². The van der Waals surface area contributed by atoms with E-state index in [0.29, 0.717) is 12.5 Å². The summed E-state index contributed by atoms with van der Waals surface area (Å²) in [4.78, 5) is 14.5. The molecular weight excluding hydrogens is 286 g/mol. The summed E-state index contributed by atoms with van der Waals surface area (Å²) in [6, 6.07) is 8.16. The van der Waals surface area contributed by atoms with Crippen LogP contribution in [0.15, 0.2) is 24.3 Å². The van der Waals surface area contributed by atoms with Crippen LogP contribution in [0, 0.1) is 5.92 Å². The minimum absolute atomic E-state index is 0.0968. The van der Waals surface area contributed by atoms with Gasteiger partial charge in [-0.25, -0.2) is 0 Å². The molecule has 0 saturated carbocycles. The standard InChI is InChI=1S/C19H31N3O/c1-15(2)17-5-4-6-18(13-17)21-19(23)14-22-11-8-16(9-12-22)7-10-20-3/h4-6,13,15-16,20H,7-12,14H2,1-3H3,(H,21,23). The third-order valence-electron chi connectivity index (χ3n) is 4.71. The van der Waals surface area contributed by atoms with Gasteiger partial charge in [-0.2, -0.15) is 0 Å². The van der Waals surface area contributed by atoms with Crippen molar-refractivity contribution in [3.05, 3.63) is 29.8 Å². The fourth-order valence-electron chi connectivity index (χ4n) is 3.16. The lowest BCUT2D eigenvalue weighted by molar-refractivity contribution is -0.117. The monoisotopic (exact) mass is 317 g/mol. The van der Waals surface area contributed by atoms with E-state index < -0.39 is 0 Å². The lowest BCUT2D eigenvalue weighted by Crippen LogP contribution is -2.39. The third kappa shape index (κ3) is 5.96. The molecule has 1 aliphatic heterocycles. The normalized spacial score (nSPS) is 16.7. The van der Waals surface area contributed by atoms with Crippen LogP contribution in [-0.2, 0) is 4.79 Å². The molecule has 0 radical (unpaired) electrons. The molecule has 0 aromatic heterocycles. The van der Waals surface area contributed by atoms with Crippen molar-refractivity contribution >= 4 is 11.6 Å². The number of hydrogen-bond donors (Lipinski definition) is 2. The van der Waals surface area contributed by atoms with E-state index in [0.717, 1.165) is 31.2 Å². The highest BCUT2D eigenvalue weighted by atomic mass is 16.2. The Hall–Kier alpha value is -1.39. The quantitative estimate of drug-likeness (QED) is 0.812. The third-order valence-corrected chi connectivity index (χ3v) is 4.71. The second-order valence-electron chi connectivity index (χ2n) is 6.94. The highest BCUT2D eigenvalue weighted by molar-refractivity contribution is 5.92. The van der Waals surface area contributed by atoms with Crippen LogP contribution in [0.1, 0.15) is 44.6 Å². The summed E-state index contributed by atoms with van der Waals surface area (Å²) < 4.78 is 0. The Kier molecular flexibility index (Phi) is 7.06. The van der Waals surface area contributed by atoms with E-state index in [4.69, 9.17) is 0 Å². The summed E-state index contributed by atoms with van der Waals surface area (Å²) in [5.41, 5.74) is 2.17. The Morgan fingerprint density at radius 3 is 2.70 bits per heavy atom. The van der Waals surface area contributed by atoms with Gasteiger partial charge in [0.2, 0.25) is 5.91 Å². The molecule has 0 atom stereocenters. The largest absolute Gasteiger partial charge is 0.325 e. The second-order valence-corrected chi connectivity index (χ2v) is 6.94. The van der Waals surface area contributed by atoms with E-state index in [9.17, 15) is 4.79 Å². The van der Waals surface area contributed by atoms with Crippen LogP contribution in [0.4, 0.5) is 5.69 Å². The summed E-state index contributed by atoms with van der Waals surface area (Å²) >= 11 is 0. The van der Waals surface area contributed by atoms with Gasteiger partial charge in [-0.15, -0.1) is 0 Å². The molecule has 2 rings (SSSR count). The van der Waals surface area contributed by atoms with E-state index in [2.05, 4.69) is 41.5 Å². The number of anilines is 1. The van der Waals surface area contributed by atoms with E-state index in [-0.39, 0.29) is 5.91 Å². The minimum Gasteiger partial charge on any atom is -0.325 e. The summed E-state index contributed by atoms with van der Waals surface area (Å²) in [6.07, 6.45) is 3.66. The molecule has 4 heteroatoms. The Balaban J connectivity index is 1.76. The number of hydrogen-bond acceptors (Lipinski definition) is 3. The summed E-state index contributed by atoms with van der Waals surface area (Å²) in [5.74, 6) is 1.38. The Labute approximate surface area is 140 Å². The molecule has 1 aromatic rings. The number of amides is 1. The molecule has 1 amide bonds. The van der Waals surface area contributed by atoms with E-state index >= 15 is 0 Å². The van der Waals surface area contributed by atoms with Gasteiger partial charge in [-0.05, 0) is 75.5 Å². The van der Waals surface area contributed by atoms with E-state index in [1.54, 1.807) is 0 Å². The topological polar surface area (TPSA) is 44.4 Å². The van der Waals surface area contributed by atoms with Crippen molar-refractivity contribution in [2.24, 2.45) is 5.92 Å². The molecular formula is C19H31N3O. The number of rotatable bonds is 7. The number of likely N-dealkylation sites (tertiary alicyclic amines) is 1. The van der Waals surface area contributed by atoms with E-state index in [1.807, 2.05) is 19.2 Å². The van der Waals surface area contributed by atoms with Crippen molar-refractivity contribution in [3.63, 3.8) is 0 Å². The predicted molar refractivity (Wildman–Crippen MR) is 96.9 cm³/mol. The summed E-state index contributed by atoms with van der Waals surface area (Å²) in [6.45, 7) is 8.00. The van der Waals surface area contributed by atoms with Crippen molar-refractivity contribution < 1.29 is 4.79 Å². The first-order valence-corrected chi connectivity index (χ1v) is 8.85. The highest BCUT2D eigenvalue weighted by Crippen LogP contribution is 2.21. The fourth-order valence-corrected chi connectivity index (χ4v) is 3.16. The molecule has 1 fully saturated rings. The average molecular weight is 317 g/mol. The van der Waals surface area contributed by atoms with E-state index in [1.165, 1.54) is 24.8 Å². The first-order chi connectivity index (χ1) is 11.1. The van der Waals surface area contributed by atoms with Crippen LogP contribution in [0.25, 0.3) is 0 Å². The molecule has 4 nitrogen and oxygen atoms in total. The van der Waals surface area contributed by atoms with Gasteiger partial charge >= 0.3 is 0 Å². The Bertz CT molecular complexity index is 493. The highest BCUT2D eigenvalue weighted by Gasteiger charge is 2.20. The maximum atomic E-state index is 12.3. The van der Waals surface area contributed by atoms with Gasteiger partial charge in [0, 0.05) is 5.69 Å². The SMILES string of the molecule is CNCCC1CCN(CC(=O)Nc2cccc(C(C)C)c2)CC1. The van der Waals surface area contributed by atoms with Gasteiger partial charge in [0.15, 0.2) is 0 Å². The number of nitrogens with one attached hydrogen (secondary N) is 2. The maximum Gasteiger partial charge on any atom is 0.238 e. The van der Waals surface area contributed by atoms with Crippen LogP contribution in [0.3, 0.4) is 0 Å². The van der Waals surface area contributed by atoms with Crippen LogP contribution >= 0.6 is 0 Å². The molecule has 2 N–H and O–H groups in total. The van der Waals surface area contributed by atoms with Gasteiger partial charge in [0.1, 0.15) is 0 Å². The average Bonchev–Trinajstić information content (AvgIpc) is 2.54. The Morgan fingerprint density at radius 2 is 2.04 bits per heavy atom. The molecule has 0 spiro atoms. The fraction of sp³-hybridized carbons (Fsp3) is 0.632. The van der Waals surface area contributed by atoms with Crippen molar-refractivity contribution in [3.8, 4) is 0 Å². The number of nitrogens with zero attached hydrogens (tertiary/aromatic N) is 1. The predicted octanol–water partition coefficient (Wildman–Crippen LogP) is 3.07. The molecule has 0 bridgehead atoms. The van der Waals surface area contributed by atoms with Crippen LogP contribution in [0.5, 0.6) is 0 Å². The first kappa shape index (κ1) is 18.0. The number of piperidine rings is 1. The number of carbonyl (C=O) groups excluding carboxylic acids is 1. The summed E-state index contributed by atoms with van der Waals surface area (Å²) in [7, 11) is 2.01. The second kappa shape index (κ2) is 9.04. The minimum atomic E-state index is 0.0968. The molecule has 1 aliphatic rings. The van der Waals surface area contributed by atoms with Crippen LogP contribution in [0.2, 0.25) is 0 Å². The van der Waals surface area contributed by atoms with Crippen LogP contribution in [-0.4, -0.2) is 44.0 Å². The lowest BCUT2D eigenvalue weighted by atomic mass is 9.93. The molecule has 0 unspecified atom stereocenters. The van der Waals surface area contributed by atoms with Crippen LogP contribution < -0.4 is 10.6 Å². The Morgan fingerprint density at radius 1 is 1.30 bits per heavy atom. The molecule has 0 aliphatic carbocycles.